The average Bonchev–Trinajstić information content (AvgIpc) is 2.45. The number of hydrogen-bond donors (Lipinski definition) is 1. The monoisotopic (exact) mass is 281 g/mol. The van der Waals surface area contributed by atoms with Crippen molar-refractivity contribution in [2.75, 3.05) is 27.4 Å². The second kappa shape index (κ2) is 8.82. The predicted octanol–water partition coefficient (Wildman–Crippen LogP) is 3.16. The largest absolute Gasteiger partial charge is 0.497 e. The van der Waals surface area contributed by atoms with Gasteiger partial charge >= 0.3 is 0 Å². The number of ether oxygens (including phenoxy) is 3. The Labute approximate surface area is 122 Å². The van der Waals surface area contributed by atoms with Crippen molar-refractivity contribution in [3.05, 3.63) is 23.8 Å². The smallest absolute Gasteiger partial charge is 0.127 e. The molecule has 0 spiro atoms. The van der Waals surface area contributed by atoms with E-state index in [9.17, 15) is 0 Å². The van der Waals surface area contributed by atoms with Crippen LogP contribution in [0.4, 0.5) is 0 Å². The van der Waals surface area contributed by atoms with Crippen LogP contribution in [0.25, 0.3) is 0 Å². The first-order valence-electron chi connectivity index (χ1n) is 7.13. The molecule has 114 valence electrons. The summed E-state index contributed by atoms with van der Waals surface area (Å²) in [6, 6.07) is 5.47. The Morgan fingerprint density at radius 2 is 1.90 bits per heavy atom. The van der Waals surface area contributed by atoms with Gasteiger partial charge in [-0.3, -0.25) is 0 Å². The number of methoxy groups -OCH3 is 2. The molecule has 0 saturated heterocycles. The summed E-state index contributed by atoms with van der Waals surface area (Å²) < 4.78 is 16.2. The summed E-state index contributed by atoms with van der Waals surface area (Å²) in [6.07, 6.45) is 2.26. The highest BCUT2D eigenvalue weighted by atomic mass is 16.5. The number of nitrogens with two attached hydrogens (primary N) is 1. The lowest BCUT2D eigenvalue weighted by molar-refractivity contribution is 0.114. The number of rotatable bonds is 9. The van der Waals surface area contributed by atoms with Crippen molar-refractivity contribution in [2.45, 2.75) is 32.7 Å². The second-order valence-electron chi connectivity index (χ2n) is 5.33. The van der Waals surface area contributed by atoms with Gasteiger partial charge in [-0.05, 0) is 30.9 Å². The van der Waals surface area contributed by atoms with Crippen molar-refractivity contribution in [2.24, 2.45) is 11.7 Å². The van der Waals surface area contributed by atoms with Gasteiger partial charge in [0.2, 0.25) is 0 Å². The van der Waals surface area contributed by atoms with Crippen molar-refractivity contribution in [1.29, 1.82) is 0 Å². The Kier molecular flexibility index (Phi) is 7.41. The third kappa shape index (κ3) is 5.39. The summed E-state index contributed by atoms with van der Waals surface area (Å²) in [5.74, 6) is 2.22. The summed E-state index contributed by atoms with van der Waals surface area (Å²) in [5, 5.41) is 0. The molecular weight excluding hydrogens is 254 g/mol. The molecule has 0 saturated carbocycles. The van der Waals surface area contributed by atoms with E-state index in [2.05, 4.69) is 13.8 Å². The van der Waals surface area contributed by atoms with Crippen LogP contribution in [-0.4, -0.2) is 27.4 Å². The van der Waals surface area contributed by atoms with Crippen LogP contribution in [0.5, 0.6) is 11.5 Å². The molecule has 1 aromatic rings. The number of hydrogen-bond acceptors (Lipinski definition) is 4. The standard InChI is InChI=1S/C16H27NO3/c1-12(2)6-5-9-20-11-15(17)14-8-7-13(18-3)10-16(14)19-4/h7-8,10,12,15H,5-6,9,11,17H2,1-4H3. The molecule has 0 aromatic heterocycles. The zero-order valence-electron chi connectivity index (χ0n) is 13.0. The maximum Gasteiger partial charge on any atom is 0.127 e. The van der Waals surface area contributed by atoms with Crippen molar-refractivity contribution in [1.82, 2.24) is 0 Å². The van der Waals surface area contributed by atoms with Crippen LogP contribution >= 0.6 is 0 Å². The van der Waals surface area contributed by atoms with E-state index in [0.29, 0.717) is 12.5 Å². The summed E-state index contributed by atoms with van der Waals surface area (Å²) in [5.41, 5.74) is 7.10. The van der Waals surface area contributed by atoms with Gasteiger partial charge in [0.15, 0.2) is 0 Å². The van der Waals surface area contributed by atoms with E-state index in [4.69, 9.17) is 19.9 Å². The molecule has 0 radical (unpaired) electrons. The fourth-order valence-corrected chi connectivity index (χ4v) is 2.02. The lowest BCUT2D eigenvalue weighted by atomic mass is 10.1. The van der Waals surface area contributed by atoms with Crippen LogP contribution in [0, 0.1) is 5.92 Å². The molecule has 2 N–H and O–H groups in total. The Bertz CT molecular complexity index is 393. The maximum atomic E-state index is 6.16. The molecule has 1 atom stereocenters. The van der Waals surface area contributed by atoms with Crippen molar-refractivity contribution < 1.29 is 14.2 Å². The Hall–Kier alpha value is -1.26. The zero-order chi connectivity index (χ0) is 15.0. The molecule has 0 aliphatic carbocycles. The van der Waals surface area contributed by atoms with E-state index < -0.39 is 0 Å². The molecule has 1 aromatic carbocycles. The third-order valence-electron chi connectivity index (χ3n) is 3.21. The SMILES string of the molecule is COc1ccc(C(N)COCCCC(C)C)c(OC)c1. The molecule has 0 fully saturated rings. The van der Waals surface area contributed by atoms with Gasteiger partial charge in [-0.2, -0.15) is 0 Å². The van der Waals surface area contributed by atoms with Crippen molar-refractivity contribution >= 4 is 0 Å². The van der Waals surface area contributed by atoms with Crippen LogP contribution in [0.2, 0.25) is 0 Å². The first-order chi connectivity index (χ1) is 9.58. The Morgan fingerprint density at radius 3 is 2.50 bits per heavy atom. The van der Waals surface area contributed by atoms with Crippen LogP contribution in [0.1, 0.15) is 38.3 Å². The first-order valence-corrected chi connectivity index (χ1v) is 7.13. The van der Waals surface area contributed by atoms with Gasteiger partial charge in [-0.25, -0.2) is 0 Å². The van der Waals surface area contributed by atoms with Gasteiger partial charge in [0.25, 0.3) is 0 Å². The molecule has 0 aliphatic heterocycles. The molecule has 4 heteroatoms. The van der Waals surface area contributed by atoms with Crippen LogP contribution in [0.15, 0.2) is 18.2 Å². The van der Waals surface area contributed by atoms with Gasteiger partial charge in [0, 0.05) is 18.2 Å². The maximum absolute atomic E-state index is 6.16. The molecule has 0 heterocycles. The van der Waals surface area contributed by atoms with Gasteiger partial charge in [-0.1, -0.05) is 13.8 Å². The Balaban J connectivity index is 2.48. The topological polar surface area (TPSA) is 53.7 Å². The van der Waals surface area contributed by atoms with E-state index in [0.717, 1.165) is 30.1 Å². The molecular formula is C16H27NO3. The van der Waals surface area contributed by atoms with E-state index in [1.165, 1.54) is 6.42 Å². The fraction of sp³-hybridized carbons (Fsp3) is 0.625. The normalized spacial score (nSPS) is 12.5. The van der Waals surface area contributed by atoms with Gasteiger partial charge in [-0.15, -0.1) is 0 Å². The summed E-state index contributed by atoms with van der Waals surface area (Å²) >= 11 is 0. The van der Waals surface area contributed by atoms with Gasteiger partial charge in [0.1, 0.15) is 11.5 Å². The minimum atomic E-state index is -0.185. The third-order valence-corrected chi connectivity index (χ3v) is 3.21. The van der Waals surface area contributed by atoms with Crippen molar-refractivity contribution in [3.8, 4) is 11.5 Å². The fourth-order valence-electron chi connectivity index (χ4n) is 2.02. The molecule has 20 heavy (non-hydrogen) atoms. The molecule has 0 bridgehead atoms. The van der Waals surface area contributed by atoms with Crippen LogP contribution in [-0.2, 0) is 4.74 Å². The quantitative estimate of drug-likeness (QED) is 0.706. The van der Waals surface area contributed by atoms with E-state index in [-0.39, 0.29) is 6.04 Å². The molecule has 0 aliphatic rings. The highest BCUT2D eigenvalue weighted by Crippen LogP contribution is 2.28. The van der Waals surface area contributed by atoms with E-state index >= 15 is 0 Å². The highest BCUT2D eigenvalue weighted by molar-refractivity contribution is 5.42. The lowest BCUT2D eigenvalue weighted by Crippen LogP contribution is -2.18. The predicted molar refractivity (Wildman–Crippen MR) is 81.4 cm³/mol. The average molecular weight is 281 g/mol. The lowest BCUT2D eigenvalue weighted by Gasteiger charge is -2.17. The second-order valence-corrected chi connectivity index (χ2v) is 5.33. The molecule has 1 unspecified atom stereocenters. The van der Waals surface area contributed by atoms with Crippen molar-refractivity contribution in [3.63, 3.8) is 0 Å². The zero-order valence-corrected chi connectivity index (χ0v) is 13.0. The summed E-state index contributed by atoms with van der Waals surface area (Å²) in [6.45, 7) is 5.69. The first kappa shape index (κ1) is 16.8. The van der Waals surface area contributed by atoms with Gasteiger partial charge in [0.05, 0.1) is 26.9 Å². The molecule has 4 nitrogen and oxygen atoms in total. The highest BCUT2D eigenvalue weighted by Gasteiger charge is 2.13. The van der Waals surface area contributed by atoms with Crippen LogP contribution < -0.4 is 15.2 Å². The minimum Gasteiger partial charge on any atom is -0.497 e. The molecule has 0 amide bonds. The van der Waals surface area contributed by atoms with Crippen LogP contribution in [0.3, 0.4) is 0 Å². The molecule has 1 rings (SSSR count). The van der Waals surface area contributed by atoms with Gasteiger partial charge < -0.3 is 19.9 Å². The summed E-state index contributed by atoms with van der Waals surface area (Å²) in [4.78, 5) is 0. The minimum absolute atomic E-state index is 0.185. The summed E-state index contributed by atoms with van der Waals surface area (Å²) in [7, 11) is 3.26. The Morgan fingerprint density at radius 1 is 1.15 bits per heavy atom. The number of benzene rings is 1. The van der Waals surface area contributed by atoms with E-state index in [1.54, 1.807) is 14.2 Å². The van der Waals surface area contributed by atoms with E-state index in [1.807, 2.05) is 18.2 Å².